The van der Waals surface area contributed by atoms with Crippen molar-refractivity contribution in [3.05, 3.63) is 24.3 Å². The van der Waals surface area contributed by atoms with Crippen LogP contribution in [-0.2, 0) is 9.59 Å². The molecular formula is C10H11NO4. The van der Waals surface area contributed by atoms with E-state index in [-0.39, 0.29) is 18.4 Å². The monoisotopic (exact) mass is 209 g/mol. The molecule has 2 amide bonds. The molecule has 1 heterocycles. The number of imide groups is 1. The van der Waals surface area contributed by atoms with Gasteiger partial charge >= 0.3 is 0 Å². The molecule has 0 aromatic rings. The quantitative estimate of drug-likeness (QED) is 0.453. The first-order chi connectivity index (χ1) is 7.11. The summed E-state index contributed by atoms with van der Waals surface area (Å²) in [5.41, 5.74) is 0. The lowest BCUT2D eigenvalue weighted by Gasteiger charge is -2.14. The third-order valence-electron chi connectivity index (χ3n) is 2.58. The Morgan fingerprint density at radius 3 is 2.00 bits per heavy atom. The molecule has 1 aliphatic carbocycles. The highest BCUT2D eigenvalue weighted by atomic mass is 16.5. The fourth-order valence-corrected chi connectivity index (χ4v) is 1.89. The van der Waals surface area contributed by atoms with Crippen LogP contribution in [0.25, 0.3) is 0 Å². The summed E-state index contributed by atoms with van der Waals surface area (Å²) in [6, 6.07) is 0. The van der Waals surface area contributed by atoms with Crippen molar-refractivity contribution in [2.75, 3.05) is 6.54 Å². The Hall–Kier alpha value is -1.46. The van der Waals surface area contributed by atoms with Gasteiger partial charge in [-0.05, 0) is 0 Å². The van der Waals surface area contributed by atoms with Gasteiger partial charge in [-0.25, -0.2) is 0 Å². The molecule has 0 bridgehead atoms. The van der Waals surface area contributed by atoms with Crippen molar-refractivity contribution in [2.24, 2.45) is 11.8 Å². The van der Waals surface area contributed by atoms with Gasteiger partial charge in [0.05, 0.1) is 18.4 Å². The number of β-amino-alcohol motifs (C(OH)–C–C–N with tert-alkyl or cyclic N) is 2. The molecule has 5 heteroatoms. The zero-order chi connectivity index (χ0) is 11.0. The number of rotatable bonds is 2. The lowest BCUT2D eigenvalue weighted by molar-refractivity contribution is -0.146. The Morgan fingerprint density at radius 2 is 1.60 bits per heavy atom. The summed E-state index contributed by atoms with van der Waals surface area (Å²) in [6.45, 7) is -0.355. The van der Waals surface area contributed by atoms with Crippen molar-refractivity contribution in [1.82, 2.24) is 4.90 Å². The maximum absolute atomic E-state index is 11.7. The molecular weight excluding hydrogens is 198 g/mol. The van der Waals surface area contributed by atoms with E-state index in [4.69, 9.17) is 10.2 Å². The third-order valence-corrected chi connectivity index (χ3v) is 2.58. The molecule has 0 aromatic heterocycles. The number of allylic oxidation sites excluding steroid dienone is 2. The Bertz CT molecular complexity index is 328. The van der Waals surface area contributed by atoms with E-state index >= 15 is 0 Å². The van der Waals surface area contributed by atoms with Gasteiger partial charge in [0.25, 0.3) is 0 Å². The molecule has 2 unspecified atom stereocenters. The van der Waals surface area contributed by atoms with Gasteiger partial charge in [-0.1, -0.05) is 24.3 Å². The molecule has 2 atom stereocenters. The minimum atomic E-state index is -1.67. The third kappa shape index (κ3) is 1.60. The number of fused-ring (bicyclic) bond motifs is 1. The second kappa shape index (κ2) is 3.60. The molecule has 1 aliphatic heterocycles. The van der Waals surface area contributed by atoms with Crippen molar-refractivity contribution in [3.8, 4) is 0 Å². The summed E-state index contributed by atoms with van der Waals surface area (Å²) in [5, 5.41) is 17.5. The molecule has 0 saturated carbocycles. The van der Waals surface area contributed by atoms with Crippen LogP contribution in [0.4, 0.5) is 0 Å². The van der Waals surface area contributed by atoms with Crippen LogP contribution in [0.1, 0.15) is 0 Å². The number of likely N-dealkylation sites (tertiary alicyclic amines) is 1. The molecule has 5 nitrogen and oxygen atoms in total. The number of carbonyl (C=O) groups is 2. The molecule has 2 N–H and O–H groups in total. The fraction of sp³-hybridized carbons (Fsp3) is 0.400. The number of amides is 2. The van der Waals surface area contributed by atoms with Crippen molar-refractivity contribution in [3.63, 3.8) is 0 Å². The van der Waals surface area contributed by atoms with Crippen LogP contribution in [0.3, 0.4) is 0 Å². The standard InChI is InChI=1S/C10H11NO4/c12-8(13)5-11-9(14)6-3-1-2-4-7(6)10(11)15/h1-4,6-8,12-13H,5H2. The first-order valence-electron chi connectivity index (χ1n) is 4.67. The number of hydrogen-bond donors (Lipinski definition) is 2. The molecule has 1 saturated heterocycles. The van der Waals surface area contributed by atoms with Gasteiger partial charge in [0.15, 0.2) is 6.29 Å². The smallest absolute Gasteiger partial charge is 0.237 e. The molecule has 0 radical (unpaired) electrons. The lowest BCUT2D eigenvalue weighted by Crippen LogP contribution is -2.37. The summed E-state index contributed by atoms with van der Waals surface area (Å²) >= 11 is 0. The lowest BCUT2D eigenvalue weighted by atomic mass is 9.91. The number of aliphatic hydroxyl groups excluding tert-OH is 1. The molecule has 0 aromatic carbocycles. The second-order valence-electron chi connectivity index (χ2n) is 3.59. The number of hydrogen-bond acceptors (Lipinski definition) is 4. The highest BCUT2D eigenvalue weighted by molar-refractivity contribution is 6.07. The van der Waals surface area contributed by atoms with E-state index in [0.717, 1.165) is 4.90 Å². The Labute approximate surface area is 86.3 Å². The zero-order valence-corrected chi connectivity index (χ0v) is 7.91. The molecule has 0 spiro atoms. The van der Waals surface area contributed by atoms with Gasteiger partial charge in [0, 0.05) is 0 Å². The van der Waals surface area contributed by atoms with Gasteiger partial charge in [0.1, 0.15) is 0 Å². The fourth-order valence-electron chi connectivity index (χ4n) is 1.89. The van der Waals surface area contributed by atoms with Crippen LogP contribution in [0, 0.1) is 11.8 Å². The average molecular weight is 209 g/mol. The van der Waals surface area contributed by atoms with Crippen molar-refractivity contribution in [1.29, 1.82) is 0 Å². The van der Waals surface area contributed by atoms with E-state index in [9.17, 15) is 9.59 Å². The van der Waals surface area contributed by atoms with Gasteiger partial charge in [-0.2, -0.15) is 0 Å². The zero-order valence-electron chi connectivity index (χ0n) is 7.91. The molecule has 2 rings (SSSR count). The highest BCUT2D eigenvalue weighted by Gasteiger charge is 2.45. The summed E-state index contributed by atoms with van der Waals surface area (Å²) in [5.74, 6) is -1.67. The van der Waals surface area contributed by atoms with Crippen LogP contribution in [0.5, 0.6) is 0 Å². The van der Waals surface area contributed by atoms with E-state index in [2.05, 4.69) is 0 Å². The van der Waals surface area contributed by atoms with Crippen LogP contribution >= 0.6 is 0 Å². The Morgan fingerprint density at radius 1 is 1.13 bits per heavy atom. The number of aliphatic hydroxyl groups is 2. The SMILES string of the molecule is O=C1C2C=CC=CC2C(=O)N1CC(O)O. The summed E-state index contributed by atoms with van der Waals surface area (Å²) in [6.07, 6.45) is 5.07. The average Bonchev–Trinajstić information content (AvgIpc) is 2.44. The van der Waals surface area contributed by atoms with Crippen molar-refractivity contribution < 1.29 is 19.8 Å². The van der Waals surface area contributed by atoms with Crippen LogP contribution in [0.15, 0.2) is 24.3 Å². The molecule has 2 aliphatic rings. The number of carbonyl (C=O) groups excluding carboxylic acids is 2. The minimum absolute atomic E-state index is 0.355. The normalized spacial score (nSPS) is 29.1. The summed E-state index contributed by atoms with van der Waals surface area (Å²) < 4.78 is 0. The highest BCUT2D eigenvalue weighted by Crippen LogP contribution is 2.30. The van der Waals surface area contributed by atoms with E-state index in [0.29, 0.717) is 0 Å². The predicted octanol–water partition coefficient (Wildman–Crippen LogP) is -0.976. The maximum atomic E-state index is 11.7. The Kier molecular flexibility index (Phi) is 2.42. The second-order valence-corrected chi connectivity index (χ2v) is 3.59. The molecule has 1 fully saturated rings. The van der Waals surface area contributed by atoms with Crippen LogP contribution < -0.4 is 0 Å². The van der Waals surface area contributed by atoms with Crippen LogP contribution in [0.2, 0.25) is 0 Å². The number of nitrogens with zero attached hydrogens (tertiary/aromatic N) is 1. The first kappa shape index (κ1) is 10.1. The van der Waals surface area contributed by atoms with Crippen molar-refractivity contribution in [2.45, 2.75) is 6.29 Å². The van der Waals surface area contributed by atoms with Gasteiger partial charge < -0.3 is 10.2 Å². The van der Waals surface area contributed by atoms with Crippen molar-refractivity contribution >= 4 is 11.8 Å². The summed E-state index contributed by atoms with van der Waals surface area (Å²) in [4.78, 5) is 24.3. The maximum Gasteiger partial charge on any atom is 0.237 e. The molecule has 80 valence electrons. The van der Waals surface area contributed by atoms with Gasteiger partial charge in [-0.15, -0.1) is 0 Å². The van der Waals surface area contributed by atoms with Gasteiger partial charge in [0.2, 0.25) is 11.8 Å². The van der Waals surface area contributed by atoms with E-state index in [1.807, 2.05) is 0 Å². The largest absolute Gasteiger partial charge is 0.367 e. The topological polar surface area (TPSA) is 77.8 Å². The minimum Gasteiger partial charge on any atom is -0.367 e. The van der Waals surface area contributed by atoms with E-state index in [1.165, 1.54) is 0 Å². The molecule has 15 heavy (non-hydrogen) atoms. The first-order valence-corrected chi connectivity index (χ1v) is 4.67. The summed E-state index contributed by atoms with van der Waals surface area (Å²) in [7, 11) is 0. The predicted molar refractivity (Wildman–Crippen MR) is 50.2 cm³/mol. The Balaban J connectivity index is 2.23. The van der Waals surface area contributed by atoms with E-state index < -0.39 is 18.1 Å². The van der Waals surface area contributed by atoms with E-state index in [1.54, 1.807) is 24.3 Å². The van der Waals surface area contributed by atoms with Gasteiger partial charge in [-0.3, -0.25) is 14.5 Å². The van der Waals surface area contributed by atoms with Crippen LogP contribution in [-0.4, -0.2) is 39.8 Å².